The van der Waals surface area contributed by atoms with Crippen LogP contribution in [0.25, 0.3) is 33.5 Å². The van der Waals surface area contributed by atoms with Gasteiger partial charge < -0.3 is 9.88 Å². The van der Waals surface area contributed by atoms with Crippen molar-refractivity contribution in [3.63, 3.8) is 0 Å². The Morgan fingerprint density at radius 1 is 0.889 bits per heavy atom. The molecule has 0 fully saturated rings. The summed E-state index contributed by atoms with van der Waals surface area (Å²) in [5, 5.41) is 2.88. The summed E-state index contributed by atoms with van der Waals surface area (Å²) in [7, 11) is -0.196. The van der Waals surface area contributed by atoms with Gasteiger partial charge in [0.2, 0.25) is 5.91 Å². The number of rotatable bonds is 11. The fraction of sp³-hybridized carbons (Fsp3) is 0.351. The molecule has 5 aromatic rings. The highest BCUT2D eigenvalue weighted by molar-refractivity contribution is 8.32. The Balaban J connectivity index is 0.000000448. The van der Waals surface area contributed by atoms with Gasteiger partial charge >= 0.3 is 0 Å². The van der Waals surface area contributed by atoms with Crippen LogP contribution in [0.2, 0.25) is 0 Å². The average molecular weight is 628 g/mol. The number of nitrogens with one attached hydrogen (secondary N) is 1. The van der Waals surface area contributed by atoms with Gasteiger partial charge in [0, 0.05) is 30.7 Å². The number of hydrogen-bond donors (Lipinski definition) is 1. The van der Waals surface area contributed by atoms with Crippen molar-refractivity contribution in [2.24, 2.45) is 0 Å². The van der Waals surface area contributed by atoms with E-state index in [1.54, 1.807) is 24.5 Å². The second kappa shape index (κ2) is 15.8. The van der Waals surface area contributed by atoms with Crippen LogP contribution >= 0.6 is 10.0 Å². The molecule has 6 nitrogen and oxygen atoms in total. The van der Waals surface area contributed by atoms with Gasteiger partial charge in [0.25, 0.3) is 0 Å². The minimum Gasteiger partial charge on any atom is -0.339 e. The smallest absolute Gasteiger partial charge is 0.229 e. The number of unbranched alkanes of at least 4 members (excludes halogenated alkanes) is 2. The number of carbonyl (C=O) groups excluding carboxylic acids is 1. The van der Waals surface area contributed by atoms with E-state index in [4.69, 9.17) is 4.98 Å². The van der Waals surface area contributed by atoms with E-state index < -0.39 is 0 Å². The molecule has 8 heteroatoms. The first-order chi connectivity index (χ1) is 21.6. The minimum atomic E-state index is -0.329. The molecular formula is C37H46FN5OS. The number of halogens is 1. The topological polar surface area (TPSA) is 72.7 Å². The second-order valence-corrected chi connectivity index (χ2v) is 16.6. The Hall–Kier alpha value is -4.04. The summed E-state index contributed by atoms with van der Waals surface area (Å²) in [6.07, 6.45) is 17.7. The lowest BCUT2D eigenvalue weighted by Gasteiger charge is -2.24. The average Bonchev–Trinajstić information content (AvgIpc) is 3.37. The van der Waals surface area contributed by atoms with Crippen LogP contribution in [-0.2, 0) is 24.2 Å². The van der Waals surface area contributed by atoms with Crippen molar-refractivity contribution in [2.45, 2.75) is 59.4 Å². The zero-order valence-electron chi connectivity index (χ0n) is 27.4. The third-order valence-corrected chi connectivity index (χ3v) is 9.09. The molecule has 0 aliphatic carbocycles. The van der Waals surface area contributed by atoms with Gasteiger partial charge in [-0.3, -0.25) is 14.8 Å². The predicted octanol–water partition coefficient (Wildman–Crippen LogP) is 8.93. The molecule has 5 rings (SSSR count). The van der Waals surface area contributed by atoms with Crippen molar-refractivity contribution in [1.82, 2.24) is 19.5 Å². The predicted molar refractivity (Wildman–Crippen MR) is 190 cm³/mol. The molecule has 0 aliphatic heterocycles. The molecular weight excluding hydrogens is 582 g/mol. The number of aryl methyl sites for hydroxylation is 2. The lowest BCUT2D eigenvalue weighted by Crippen LogP contribution is -2.15. The van der Waals surface area contributed by atoms with Crippen LogP contribution in [-0.4, -0.2) is 49.9 Å². The summed E-state index contributed by atoms with van der Waals surface area (Å²) in [5.41, 5.74) is 7.63. The van der Waals surface area contributed by atoms with Gasteiger partial charge in [-0.25, -0.2) is 19.4 Å². The maximum absolute atomic E-state index is 13.2. The van der Waals surface area contributed by atoms with Gasteiger partial charge in [0.05, 0.1) is 34.4 Å². The molecule has 1 N–H and O–H groups in total. The van der Waals surface area contributed by atoms with E-state index in [1.807, 2.05) is 36.5 Å². The summed E-state index contributed by atoms with van der Waals surface area (Å²) in [4.78, 5) is 26.5. The van der Waals surface area contributed by atoms with Crippen molar-refractivity contribution in [2.75, 3.05) is 29.8 Å². The molecule has 0 spiro atoms. The Kier molecular flexibility index (Phi) is 11.9. The molecule has 0 bridgehead atoms. The number of hydrogen-bond acceptors (Lipinski definition) is 4. The minimum absolute atomic E-state index is 0.129. The van der Waals surface area contributed by atoms with Crippen molar-refractivity contribution in [3.05, 3.63) is 96.2 Å². The van der Waals surface area contributed by atoms with Gasteiger partial charge in [-0.1, -0.05) is 44.9 Å². The molecule has 1 amide bonds. The third kappa shape index (κ3) is 9.01. The zero-order chi connectivity index (χ0) is 32.4. The van der Waals surface area contributed by atoms with E-state index in [2.05, 4.69) is 65.5 Å². The van der Waals surface area contributed by atoms with E-state index >= 15 is 0 Å². The maximum Gasteiger partial charge on any atom is 0.229 e. The van der Waals surface area contributed by atoms with Gasteiger partial charge in [-0.2, -0.15) is 0 Å². The lowest BCUT2D eigenvalue weighted by atomic mass is 10.0. The van der Waals surface area contributed by atoms with Crippen LogP contribution in [0.1, 0.15) is 51.2 Å². The van der Waals surface area contributed by atoms with Crippen LogP contribution in [0.5, 0.6) is 0 Å². The number of anilines is 1. The highest BCUT2D eigenvalue weighted by Gasteiger charge is 2.23. The summed E-state index contributed by atoms with van der Waals surface area (Å²) in [6, 6.07) is 17.7. The Labute approximate surface area is 268 Å². The molecule has 45 heavy (non-hydrogen) atoms. The Morgan fingerprint density at radius 3 is 2.29 bits per heavy atom. The number of pyridine rings is 3. The highest BCUT2D eigenvalue weighted by atomic mass is 32.3. The molecule has 4 heterocycles. The summed E-state index contributed by atoms with van der Waals surface area (Å²) < 4.78 is 15.5. The number of amides is 1. The van der Waals surface area contributed by atoms with Gasteiger partial charge in [0.15, 0.2) is 0 Å². The van der Waals surface area contributed by atoms with Crippen LogP contribution in [0.4, 0.5) is 10.2 Å². The molecule has 1 aromatic carbocycles. The molecule has 0 saturated heterocycles. The first-order valence-electron chi connectivity index (χ1n) is 15.7. The zero-order valence-corrected chi connectivity index (χ0v) is 28.3. The summed E-state index contributed by atoms with van der Waals surface area (Å²) >= 11 is 0. The van der Waals surface area contributed by atoms with Gasteiger partial charge in [0.1, 0.15) is 11.6 Å². The van der Waals surface area contributed by atoms with Crippen molar-refractivity contribution in [1.29, 1.82) is 0 Å². The molecule has 0 aliphatic rings. The van der Waals surface area contributed by atoms with Crippen molar-refractivity contribution in [3.8, 4) is 22.5 Å². The number of nitrogens with zero attached hydrogens (tertiary/aromatic N) is 4. The largest absolute Gasteiger partial charge is 0.339 e. The van der Waals surface area contributed by atoms with Crippen LogP contribution in [0.15, 0.2) is 79.3 Å². The van der Waals surface area contributed by atoms with E-state index in [9.17, 15) is 9.18 Å². The monoisotopic (exact) mass is 627 g/mol. The third-order valence-electron chi connectivity index (χ3n) is 7.58. The standard InChI is InChI=1S/C29H26FN5O.C8H20S/c1-3-20-12-16-33-27-26(23-7-5-6-14-31-23)28(35(4-2)29(20)27)21-13-15-32-24(18-21)34-25(36)17-19-8-10-22(30)11-9-19;1-5-6-7-8-9(2,3)4/h5-16,18H,3-4,17H2,1-2H3,(H,32,34,36);5-8H2,1-4H3. The van der Waals surface area contributed by atoms with Gasteiger partial charge in [-0.05, 0) is 97.9 Å². The van der Waals surface area contributed by atoms with Gasteiger partial charge in [-0.15, -0.1) is 0 Å². The molecule has 0 radical (unpaired) electrons. The van der Waals surface area contributed by atoms with E-state index in [0.717, 1.165) is 52.1 Å². The van der Waals surface area contributed by atoms with Crippen molar-refractivity contribution < 1.29 is 9.18 Å². The molecule has 238 valence electrons. The number of fused-ring (bicyclic) bond motifs is 1. The molecule has 4 aromatic heterocycles. The van der Waals surface area contributed by atoms with Crippen LogP contribution in [0, 0.1) is 5.82 Å². The maximum atomic E-state index is 13.2. The van der Waals surface area contributed by atoms with Crippen LogP contribution in [0.3, 0.4) is 0 Å². The number of carbonyl (C=O) groups is 1. The van der Waals surface area contributed by atoms with E-state index in [0.29, 0.717) is 5.82 Å². The first-order valence-corrected chi connectivity index (χ1v) is 18.8. The van der Waals surface area contributed by atoms with E-state index in [1.165, 1.54) is 42.7 Å². The summed E-state index contributed by atoms with van der Waals surface area (Å²) in [6.45, 7) is 7.26. The highest BCUT2D eigenvalue weighted by Crippen LogP contribution is 2.41. The Morgan fingerprint density at radius 2 is 1.64 bits per heavy atom. The molecule has 0 saturated carbocycles. The summed E-state index contributed by atoms with van der Waals surface area (Å²) in [5.74, 6) is 1.36. The molecule has 0 unspecified atom stereocenters. The quantitative estimate of drug-likeness (QED) is 0.148. The second-order valence-electron chi connectivity index (χ2n) is 12.0. The molecule has 0 atom stereocenters. The number of aromatic nitrogens is 4. The Bertz CT molecular complexity index is 1690. The fourth-order valence-corrected chi connectivity index (χ4v) is 6.47. The SMILES string of the molecule is CCCCCS(C)(C)C.CCc1ccnc2c(-c3ccccn3)c(-c3ccnc(NC(=O)Cc4ccc(F)cc4)c3)n(CC)c12. The fourth-order valence-electron chi connectivity index (χ4n) is 5.40. The van der Waals surface area contributed by atoms with Crippen molar-refractivity contribution >= 4 is 32.8 Å². The first kappa shape index (κ1) is 33.8. The normalized spacial score (nSPS) is 11.6. The lowest BCUT2D eigenvalue weighted by molar-refractivity contribution is -0.115. The number of benzene rings is 1. The van der Waals surface area contributed by atoms with E-state index in [-0.39, 0.29) is 28.2 Å². The van der Waals surface area contributed by atoms with Crippen LogP contribution < -0.4 is 5.32 Å².